The summed E-state index contributed by atoms with van der Waals surface area (Å²) in [6.07, 6.45) is 2.43. The standard InChI is InChI=1S/C14H16BrNO3/c1-9-7-10(3-4-11(9)15)13(19)16-14(5-2-6-14)8-12(17)18/h3-4,7H,2,5-6,8H2,1H3,(H,16,19)(H,17,18). The first-order chi connectivity index (χ1) is 8.92. The van der Waals surface area contributed by atoms with Gasteiger partial charge in [-0.1, -0.05) is 15.9 Å². The Morgan fingerprint density at radius 1 is 1.42 bits per heavy atom. The molecule has 2 N–H and O–H groups in total. The minimum atomic E-state index is -0.869. The third-order valence-electron chi connectivity index (χ3n) is 3.60. The van der Waals surface area contributed by atoms with Crippen molar-refractivity contribution < 1.29 is 14.7 Å². The molecule has 5 heteroatoms. The molecule has 1 aliphatic rings. The van der Waals surface area contributed by atoms with Crippen molar-refractivity contribution in [1.82, 2.24) is 5.32 Å². The van der Waals surface area contributed by atoms with Crippen LogP contribution in [-0.2, 0) is 4.79 Å². The van der Waals surface area contributed by atoms with Crippen LogP contribution in [0.5, 0.6) is 0 Å². The van der Waals surface area contributed by atoms with Gasteiger partial charge in [-0.05, 0) is 49.9 Å². The van der Waals surface area contributed by atoms with Crippen LogP contribution >= 0.6 is 15.9 Å². The molecule has 1 amide bonds. The first kappa shape index (κ1) is 14.1. The topological polar surface area (TPSA) is 66.4 Å². The molecule has 0 atom stereocenters. The number of benzene rings is 1. The zero-order chi connectivity index (χ0) is 14.0. The Morgan fingerprint density at radius 2 is 2.11 bits per heavy atom. The van der Waals surface area contributed by atoms with Gasteiger partial charge in [0.15, 0.2) is 0 Å². The summed E-state index contributed by atoms with van der Waals surface area (Å²) in [6, 6.07) is 5.36. The van der Waals surface area contributed by atoms with Crippen molar-refractivity contribution in [2.45, 2.75) is 38.1 Å². The van der Waals surface area contributed by atoms with Crippen molar-refractivity contribution in [2.75, 3.05) is 0 Å². The SMILES string of the molecule is Cc1cc(C(=O)NC2(CC(=O)O)CCC2)ccc1Br. The van der Waals surface area contributed by atoms with Crippen LogP contribution in [-0.4, -0.2) is 22.5 Å². The summed E-state index contributed by atoms with van der Waals surface area (Å²) in [4.78, 5) is 23.0. The van der Waals surface area contributed by atoms with Crippen molar-refractivity contribution in [2.24, 2.45) is 0 Å². The van der Waals surface area contributed by atoms with Crippen molar-refractivity contribution in [3.05, 3.63) is 33.8 Å². The van der Waals surface area contributed by atoms with E-state index in [9.17, 15) is 9.59 Å². The van der Waals surface area contributed by atoms with E-state index in [-0.39, 0.29) is 12.3 Å². The number of halogens is 1. The molecule has 1 aliphatic carbocycles. The maximum absolute atomic E-state index is 12.2. The Hall–Kier alpha value is -1.36. The Morgan fingerprint density at radius 3 is 2.58 bits per heavy atom. The number of rotatable bonds is 4. The number of hydrogen-bond acceptors (Lipinski definition) is 2. The highest BCUT2D eigenvalue weighted by atomic mass is 79.9. The number of carbonyl (C=O) groups excluding carboxylic acids is 1. The van der Waals surface area contributed by atoms with Gasteiger partial charge in [0.2, 0.25) is 0 Å². The molecule has 0 aliphatic heterocycles. The second-order valence-electron chi connectivity index (χ2n) is 5.12. The molecule has 1 aromatic rings. The van der Waals surface area contributed by atoms with Crippen LogP contribution in [0, 0.1) is 6.92 Å². The van der Waals surface area contributed by atoms with Gasteiger partial charge in [0.25, 0.3) is 5.91 Å². The molecule has 4 nitrogen and oxygen atoms in total. The highest BCUT2D eigenvalue weighted by Crippen LogP contribution is 2.35. The predicted octanol–water partition coefficient (Wildman–Crippen LogP) is 2.88. The number of carboxylic acids is 1. The third-order valence-corrected chi connectivity index (χ3v) is 4.49. The summed E-state index contributed by atoms with van der Waals surface area (Å²) in [6.45, 7) is 1.91. The van der Waals surface area contributed by atoms with E-state index in [0.29, 0.717) is 5.56 Å². The van der Waals surface area contributed by atoms with E-state index < -0.39 is 11.5 Å². The summed E-state index contributed by atoms with van der Waals surface area (Å²) in [5.74, 6) is -1.07. The summed E-state index contributed by atoms with van der Waals surface area (Å²) < 4.78 is 0.952. The van der Waals surface area contributed by atoms with Crippen LogP contribution in [0.15, 0.2) is 22.7 Å². The first-order valence-electron chi connectivity index (χ1n) is 6.22. The van der Waals surface area contributed by atoms with E-state index in [1.54, 1.807) is 12.1 Å². The Kier molecular flexibility index (Phi) is 3.94. The van der Waals surface area contributed by atoms with E-state index in [1.165, 1.54) is 0 Å². The van der Waals surface area contributed by atoms with E-state index >= 15 is 0 Å². The van der Waals surface area contributed by atoms with Crippen LogP contribution in [0.2, 0.25) is 0 Å². The maximum atomic E-state index is 12.2. The largest absolute Gasteiger partial charge is 0.481 e. The number of amides is 1. The summed E-state index contributed by atoms with van der Waals surface area (Å²) >= 11 is 3.39. The molecule has 0 bridgehead atoms. The molecule has 1 saturated carbocycles. The number of carboxylic acid groups (broad SMARTS) is 1. The van der Waals surface area contributed by atoms with Gasteiger partial charge >= 0.3 is 5.97 Å². The lowest BCUT2D eigenvalue weighted by Gasteiger charge is -2.41. The maximum Gasteiger partial charge on any atom is 0.305 e. The number of carbonyl (C=O) groups is 2. The van der Waals surface area contributed by atoms with Crippen molar-refractivity contribution in [3.8, 4) is 0 Å². The van der Waals surface area contributed by atoms with Gasteiger partial charge in [-0.25, -0.2) is 0 Å². The predicted molar refractivity (Wildman–Crippen MR) is 75.2 cm³/mol. The molecule has 102 valence electrons. The van der Waals surface area contributed by atoms with E-state index in [0.717, 1.165) is 29.3 Å². The first-order valence-corrected chi connectivity index (χ1v) is 7.02. The molecule has 0 unspecified atom stereocenters. The van der Waals surface area contributed by atoms with E-state index in [4.69, 9.17) is 5.11 Å². The van der Waals surface area contributed by atoms with Crippen molar-refractivity contribution >= 4 is 27.8 Å². The monoisotopic (exact) mass is 325 g/mol. The average molecular weight is 326 g/mol. The summed E-state index contributed by atoms with van der Waals surface area (Å²) in [7, 11) is 0. The summed E-state index contributed by atoms with van der Waals surface area (Å²) in [5, 5.41) is 11.8. The minimum absolute atomic E-state index is 0.00570. The second-order valence-corrected chi connectivity index (χ2v) is 5.98. The van der Waals surface area contributed by atoms with Gasteiger partial charge in [-0.3, -0.25) is 9.59 Å². The quantitative estimate of drug-likeness (QED) is 0.894. The van der Waals surface area contributed by atoms with Crippen molar-refractivity contribution in [3.63, 3.8) is 0 Å². The van der Waals surface area contributed by atoms with Crippen LogP contribution in [0.25, 0.3) is 0 Å². The van der Waals surface area contributed by atoms with Crippen LogP contribution in [0.4, 0.5) is 0 Å². The van der Waals surface area contributed by atoms with Crippen molar-refractivity contribution in [1.29, 1.82) is 0 Å². The highest BCUT2D eigenvalue weighted by molar-refractivity contribution is 9.10. The van der Waals surface area contributed by atoms with Crippen LogP contribution < -0.4 is 5.32 Å². The number of aliphatic carboxylic acids is 1. The van der Waals surface area contributed by atoms with Gasteiger partial charge in [-0.2, -0.15) is 0 Å². The lowest BCUT2D eigenvalue weighted by atomic mass is 9.74. The molecule has 0 heterocycles. The zero-order valence-electron chi connectivity index (χ0n) is 10.7. The molecule has 1 aromatic carbocycles. The fraction of sp³-hybridized carbons (Fsp3) is 0.429. The van der Waals surface area contributed by atoms with E-state index in [1.807, 2.05) is 13.0 Å². The van der Waals surface area contributed by atoms with Crippen LogP contribution in [0.3, 0.4) is 0 Å². The van der Waals surface area contributed by atoms with Gasteiger partial charge in [0.1, 0.15) is 0 Å². The van der Waals surface area contributed by atoms with Gasteiger partial charge in [0.05, 0.1) is 12.0 Å². The molecular formula is C14H16BrNO3. The Labute approximate surface area is 120 Å². The van der Waals surface area contributed by atoms with Crippen LogP contribution in [0.1, 0.15) is 41.6 Å². The molecule has 0 spiro atoms. The molecule has 0 aromatic heterocycles. The number of aryl methyl sites for hydroxylation is 1. The molecule has 2 rings (SSSR count). The zero-order valence-corrected chi connectivity index (χ0v) is 12.3. The second kappa shape index (κ2) is 5.33. The average Bonchev–Trinajstić information content (AvgIpc) is 2.29. The number of hydrogen-bond donors (Lipinski definition) is 2. The lowest BCUT2D eigenvalue weighted by Crippen LogP contribution is -2.54. The minimum Gasteiger partial charge on any atom is -0.481 e. The normalized spacial score (nSPS) is 16.5. The molecule has 1 fully saturated rings. The Bertz CT molecular complexity index is 523. The fourth-order valence-electron chi connectivity index (χ4n) is 2.34. The van der Waals surface area contributed by atoms with Gasteiger partial charge < -0.3 is 10.4 Å². The van der Waals surface area contributed by atoms with Gasteiger partial charge in [0, 0.05) is 10.0 Å². The fourth-order valence-corrected chi connectivity index (χ4v) is 2.58. The molecule has 0 saturated heterocycles. The van der Waals surface area contributed by atoms with Gasteiger partial charge in [-0.15, -0.1) is 0 Å². The van der Waals surface area contributed by atoms with E-state index in [2.05, 4.69) is 21.2 Å². The molecular weight excluding hydrogens is 310 g/mol. The molecule has 0 radical (unpaired) electrons. The highest BCUT2D eigenvalue weighted by Gasteiger charge is 2.40. The lowest BCUT2D eigenvalue weighted by molar-refractivity contribution is -0.139. The smallest absolute Gasteiger partial charge is 0.305 e. The Balaban J connectivity index is 2.11. The number of nitrogens with one attached hydrogen (secondary N) is 1. The molecule has 19 heavy (non-hydrogen) atoms. The summed E-state index contributed by atoms with van der Waals surface area (Å²) in [5.41, 5.74) is 0.995. The third kappa shape index (κ3) is 3.15.